The van der Waals surface area contributed by atoms with Gasteiger partial charge in [0, 0.05) is 48.1 Å². The molecule has 0 atom stereocenters. The highest BCUT2D eigenvalue weighted by atomic mass is 32.2. The van der Waals surface area contributed by atoms with E-state index in [4.69, 9.17) is 9.47 Å². The average Bonchev–Trinajstić information content (AvgIpc) is 2.89. The number of carbonyl (C=O) groups excluding carboxylic acids is 1. The molecule has 7 nitrogen and oxygen atoms in total. The molecule has 1 aliphatic rings. The number of piperidine rings is 1. The summed E-state index contributed by atoms with van der Waals surface area (Å²) in [5.74, 6) is 2.41. The van der Waals surface area contributed by atoms with Gasteiger partial charge >= 0.3 is 0 Å². The number of rotatable bonds is 8. The molecule has 1 saturated heterocycles. The molecule has 2 aromatic carbocycles. The number of aryl methyl sites for hydroxylation is 2. The van der Waals surface area contributed by atoms with Gasteiger partial charge in [-0.1, -0.05) is 23.9 Å². The van der Waals surface area contributed by atoms with Gasteiger partial charge in [0.25, 0.3) is 0 Å². The molecule has 1 amide bonds. The van der Waals surface area contributed by atoms with Gasteiger partial charge in [0.1, 0.15) is 28.7 Å². The highest BCUT2D eigenvalue weighted by Crippen LogP contribution is 2.32. The van der Waals surface area contributed by atoms with E-state index in [1.807, 2.05) is 24.3 Å². The minimum atomic E-state index is -0.0129. The molecule has 4 rings (SSSR count). The van der Waals surface area contributed by atoms with E-state index < -0.39 is 0 Å². The van der Waals surface area contributed by atoms with Crippen LogP contribution in [0.3, 0.4) is 0 Å². The summed E-state index contributed by atoms with van der Waals surface area (Å²) in [6.07, 6.45) is 3.20. The zero-order valence-electron chi connectivity index (χ0n) is 20.7. The topological polar surface area (TPSA) is 76.6 Å². The number of ether oxygens (including phenoxy) is 2. The van der Waals surface area contributed by atoms with Crippen LogP contribution in [0, 0.1) is 19.8 Å². The van der Waals surface area contributed by atoms with Crippen LogP contribution in [0.4, 0.5) is 5.82 Å². The molecule has 1 aliphatic heterocycles. The summed E-state index contributed by atoms with van der Waals surface area (Å²) in [7, 11) is 3.24. The van der Waals surface area contributed by atoms with Crippen LogP contribution in [0.5, 0.6) is 11.5 Å². The highest BCUT2D eigenvalue weighted by Gasteiger charge is 2.26. The Morgan fingerprint density at radius 2 is 1.86 bits per heavy atom. The lowest BCUT2D eigenvalue weighted by Gasteiger charge is -2.32. The molecular formula is C27H32N4O3S. The minimum Gasteiger partial charge on any atom is -0.497 e. The number of amides is 1. The van der Waals surface area contributed by atoms with Crippen LogP contribution in [0.1, 0.15) is 29.5 Å². The van der Waals surface area contributed by atoms with Crippen molar-refractivity contribution in [2.45, 2.75) is 43.2 Å². The first kappa shape index (κ1) is 24.9. The fraction of sp³-hybridized carbons (Fsp3) is 0.370. The van der Waals surface area contributed by atoms with Gasteiger partial charge < -0.3 is 19.7 Å². The Hall–Kier alpha value is -3.26. The molecule has 35 heavy (non-hydrogen) atoms. The SMILES string of the molecule is COc1ccc(CNC(=O)C2CCN(c3cc(Sc4cc(C)ccc4C)ncn3)CC2)c(OC)c1. The second-order valence-electron chi connectivity index (χ2n) is 8.74. The maximum Gasteiger partial charge on any atom is 0.223 e. The molecule has 1 fully saturated rings. The van der Waals surface area contributed by atoms with Crippen molar-refractivity contribution in [2.24, 2.45) is 5.92 Å². The van der Waals surface area contributed by atoms with Crippen molar-refractivity contribution in [3.8, 4) is 11.5 Å². The summed E-state index contributed by atoms with van der Waals surface area (Å²) in [5.41, 5.74) is 3.40. The molecular weight excluding hydrogens is 460 g/mol. The van der Waals surface area contributed by atoms with Crippen LogP contribution >= 0.6 is 11.8 Å². The maximum absolute atomic E-state index is 12.8. The first-order valence-electron chi connectivity index (χ1n) is 11.8. The fourth-order valence-corrected chi connectivity index (χ4v) is 5.15. The van der Waals surface area contributed by atoms with Gasteiger partial charge in [-0.15, -0.1) is 0 Å². The number of hydrogen-bond acceptors (Lipinski definition) is 7. The predicted octanol–water partition coefficient (Wildman–Crippen LogP) is 4.79. The normalized spacial score (nSPS) is 14.0. The molecule has 0 radical (unpaired) electrons. The standard InChI is InChI=1S/C27H32N4O3S/c1-18-5-6-19(2)24(13-18)35-26-15-25(29-17-30-26)31-11-9-20(10-12-31)27(32)28-16-21-7-8-22(33-3)14-23(21)34-4/h5-8,13-15,17,20H,9-12,16H2,1-4H3,(H,28,32). The van der Waals surface area contributed by atoms with E-state index in [1.165, 1.54) is 16.0 Å². The lowest BCUT2D eigenvalue weighted by Crippen LogP contribution is -2.40. The fourth-order valence-electron chi connectivity index (χ4n) is 4.18. The Labute approximate surface area is 211 Å². The predicted molar refractivity (Wildman–Crippen MR) is 138 cm³/mol. The molecule has 184 valence electrons. The van der Waals surface area contributed by atoms with Crippen LogP contribution in [-0.2, 0) is 11.3 Å². The summed E-state index contributed by atoms with van der Waals surface area (Å²) >= 11 is 1.66. The van der Waals surface area contributed by atoms with E-state index in [0.717, 1.165) is 48.1 Å². The van der Waals surface area contributed by atoms with Crippen LogP contribution in [0.15, 0.2) is 58.7 Å². The number of nitrogens with one attached hydrogen (secondary N) is 1. The van der Waals surface area contributed by atoms with Crippen molar-refractivity contribution in [2.75, 3.05) is 32.2 Å². The van der Waals surface area contributed by atoms with Crippen molar-refractivity contribution in [3.63, 3.8) is 0 Å². The molecule has 0 unspecified atom stereocenters. The van der Waals surface area contributed by atoms with Gasteiger partial charge in [-0.05, 0) is 56.0 Å². The molecule has 0 spiro atoms. The second kappa shape index (κ2) is 11.4. The third-order valence-electron chi connectivity index (χ3n) is 6.32. The lowest BCUT2D eigenvalue weighted by atomic mass is 9.96. The molecule has 0 aliphatic carbocycles. The van der Waals surface area contributed by atoms with E-state index in [-0.39, 0.29) is 11.8 Å². The number of hydrogen-bond donors (Lipinski definition) is 1. The van der Waals surface area contributed by atoms with Gasteiger partial charge in [0.15, 0.2) is 0 Å². The van der Waals surface area contributed by atoms with E-state index in [9.17, 15) is 4.79 Å². The van der Waals surface area contributed by atoms with Crippen molar-refractivity contribution in [1.82, 2.24) is 15.3 Å². The van der Waals surface area contributed by atoms with Crippen molar-refractivity contribution in [3.05, 3.63) is 65.5 Å². The quantitative estimate of drug-likeness (QED) is 0.453. The second-order valence-corrected chi connectivity index (χ2v) is 9.80. The van der Waals surface area contributed by atoms with E-state index >= 15 is 0 Å². The first-order chi connectivity index (χ1) is 17.0. The number of methoxy groups -OCH3 is 2. The average molecular weight is 493 g/mol. The first-order valence-corrected chi connectivity index (χ1v) is 12.6. The maximum atomic E-state index is 12.8. The van der Waals surface area contributed by atoms with E-state index in [1.54, 1.807) is 32.3 Å². The van der Waals surface area contributed by atoms with Crippen LogP contribution < -0.4 is 19.7 Å². The van der Waals surface area contributed by atoms with Crippen LogP contribution in [0.2, 0.25) is 0 Å². The number of aromatic nitrogens is 2. The van der Waals surface area contributed by atoms with Crippen LogP contribution in [-0.4, -0.2) is 43.2 Å². The number of nitrogens with zero attached hydrogens (tertiary/aromatic N) is 3. The molecule has 0 bridgehead atoms. The largest absolute Gasteiger partial charge is 0.497 e. The molecule has 2 heterocycles. The Kier molecular flexibility index (Phi) is 8.13. The molecule has 8 heteroatoms. The van der Waals surface area contributed by atoms with Gasteiger partial charge in [0.2, 0.25) is 5.91 Å². The lowest BCUT2D eigenvalue weighted by molar-refractivity contribution is -0.125. The summed E-state index contributed by atoms with van der Waals surface area (Å²) < 4.78 is 10.7. The summed E-state index contributed by atoms with van der Waals surface area (Å²) in [6, 6.07) is 14.1. The summed E-state index contributed by atoms with van der Waals surface area (Å²) in [5, 5.41) is 4.00. The Morgan fingerprint density at radius 3 is 2.60 bits per heavy atom. The van der Waals surface area contributed by atoms with Crippen molar-refractivity contribution >= 4 is 23.5 Å². The van der Waals surface area contributed by atoms with Crippen LogP contribution in [0.25, 0.3) is 0 Å². The summed E-state index contributed by atoms with van der Waals surface area (Å²) in [4.78, 5) is 25.2. The third-order valence-corrected chi connectivity index (χ3v) is 7.41. The number of anilines is 1. The van der Waals surface area contributed by atoms with E-state index in [2.05, 4.69) is 52.2 Å². The monoisotopic (exact) mass is 492 g/mol. The summed E-state index contributed by atoms with van der Waals surface area (Å²) in [6.45, 7) is 6.22. The minimum absolute atomic E-state index is 0.0129. The number of benzene rings is 2. The zero-order valence-corrected chi connectivity index (χ0v) is 21.5. The van der Waals surface area contributed by atoms with Gasteiger partial charge in [-0.25, -0.2) is 9.97 Å². The molecule has 3 aromatic rings. The third kappa shape index (κ3) is 6.25. The van der Waals surface area contributed by atoms with Gasteiger partial charge in [-0.3, -0.25) is 4.79 Å². The Morgan fingerprint density at radius 1 is 1.06 bits per heavy atom. The highest BCUT2D eigenvalue weighted by molar-refractivity contribution is 7.99. The molecule has 0 saturated carbocycles. The van der Waals surface area contributed by atoms with Gasteiger partial charge in [0.05, 0.1) is 14.2 Å². The zero-order chi connectivity index (χ0) is 24.8. The van der Waals surface area contributed by atoms with Crippen molar-refractivity contribution in [1.29, 1.82) is 0 Å². The molecule has 1 aromatic heterocycles. The smallest absolute Gasteiger partial charge is 0.223 e. The van der Waals surface area contributed by atoms with E-state index in [0.29, 0.717) is 12.3 Å². The van der Waals surface area contributed by atoms with Gasteiger partial charge in [-0.2, -0.15) is 0 Å². The Balaban J connectivity index is 1.32. The molecule has 1 N–H and O–H groups in total. The Bertz CT molecular complexity index is 1180. The number of carbonyl (C=O) groups is 1. The van der Waals surface area contributed by atoms with Crippen molar-refractivity contribution < 1.29 is 14.3 Å².